The van der Waals surface area contributed by atoms with Crippen molar-refractivity contribution in [3.8, 4) is 11.5 Å². The number of hydrogen-bond donors (Lipinski definition) is 2. The molecule has 1 aliphatic rings. The molecule has 188 valence electrons. The van der Waals surface area contributed by atoms with Crippen molar-refractivity contribution in [2.24, 2.45) is 0 Å². The lowest BCUT2D eigenvalue weighted by atomic mass is 10.1. The molecule has 1 fully saturated rings. The van der Waals surface area contributed by atoms with Crippen molar-refractivity contribution in [3.63, 3.8) is 0 Å². The van der Waals surface area contributed by atoms with Gasteiger partial charge in [0, 0.05) is 0 Å². The molecular formula is C26H18Br2N2O7. The molecule has 3 aromatic carbocycles. The van der Waals surface area contributed by atoms with Crippen LogP contribution < -0.4 is 19.7 Å². The number of anilines is 1. The Labute approximate surface area is 227 Å². The molecule has 11 heteroatoms. The standard InChI is InChI=1S/C26H18Br2N2O7/c1-36-18-8-6-17(7-9-18)30-24(32)19(23(31)29-26(30)35)10-15-11-20(27)22(21(28)12-15)37-13-14-2-4-16(5-3-14)25(33)34/h2-12H,13H2,1H3,(H,33,34)(H,29,31,35)/b19-10-. The van der Waals surface area contributed by atoms with E-state index in [1.807, 2.05) is 0 Å². The summed E-state index contributed by atoms with van der Waals surface area (Å²) in [5.41, 5.74) is 1.50. The lowest BCUT2D eigenvalue weighted by Crippen LogP contribution is -2.54. The van der Waals surface area contributed by atoms with Gasteiger partial charge >= 0.3 is 12.0 Å². The monoisotopic (exact) mass is 628 g/mol. The highest BCUT2D eigenvalue weighted by molar-refractivity contribution is 9.11. The van der Waals surface area contributed by atoms with Gasteiger partial charge in [0.05, 0.1) is 27.3 Å². The number of barbiturate groups is 1. The van der Waals surface area contributed by atoms with Crippen LogP contribution >= 0.6 is 31.9 Å². The fraction of sp³-hybridized carbons (Fsp3) is 0.0769. The molecule has 1 saturated heterocycles. The Kier molecular flexibility index (Phi) is 7.74. The first-order valence-corrected chi connectivity index (χ1v) is 12.3. The highest BCUT2D eigenvalue weighted by atomic mass is 79.9. The Morgan fingerprint density at radius 2 is 1.62 bits per heavy atom. The number of aromatic carboxylic acids is 1. The summed E-state index contributed by atoms with van der Waals surface area (Å²) >= 11 is 6.89. The molecule has 2 N–H and O–H groups in total. The minimum absolute atomic E-state index is 0.178. The van der Waals surface area contributed by atoms with Gasteiger partial charge in [-0.1, -0.05) is 12.1 Å². The molecule has 0 aromatic heterocycles. The third-order valence-electron chi connectivity index (χ3n) is 5.35. The molecule has 4 rings (SSSR count). The zero-order valence-electron chi connectivity index (χ0n) is 19.2. The molecule has 1 aliphatic heterocycles. The maximum absolute atomic E-state index is 13.1. The number of benzene rings is 3. The van der Waals surface area contributed by atoms with E-state index in [4.69, 9.17) is 14.6 Å². The Hall–Kier alpha value is -3.96. The van der Waals surface area contributed by atoms with E-state index in [-0.39, 0.29) is 23.4 Å². The Morgan fingerprint density at radius 1 is 1.00 bits per heavy atom. The normalized spacial score (nSPS) is 14.5. The number of rotatable bonds is 7. The molecule has 0 atom stereocenters. The maximum Gasteiger partial charge on any atom is 0.335 e. The van der Waals surface area contributed by atoms with Crippen LogP contribution in [0.1, 0.15) is 21.5 Å². The summed E-state index contributed by atoms with van der Waals surface area (Å²) in [6.07, 6.45) is 1.38. The molecule has 0 bridgehead atoms. The summed E-state index contributed by atoms with van der Waals surface area (Å²) in [5.74, 6) is -1.56. The molecule has 3 aromatic rings. The van der Waals surface area contributed by atoms with Gasteiger partial charge in [0.25, 0.3) is 11.8 Å². The summed E-state index contributed by atoms with van der Waals surface area (Å²) in [4.78, 5) is 49.9. The second-order valence-electron chi connectivity index (χ2n) is 7.76. The summed E-state index contributed by atoms with van der Waals surface area (Å²) < 4.78 is 12.1. The number of amides is 4. The predicted molar refractivity (Wildman–Crippen MR) is 142 cm³/mol. The van der Waals surface area contributed by atoms with Gasteiger partial charge in [-0.2, -0.15) is 0 Å². The zero-order valence-corrected chi connectivity index (χ0v) is 22.3. The number of nitrogens with one attached hydrogen (secondary N) is 1. The Morgan fingerprint density at radius 3 is 2.19 bits per heavy atom. The van der Waals surface area contributed by atoms with Gasteiger partial charge in [0.2, 0.25) is 0 Å². The van der Waals surface area contributed by atoms with Gasteiger partial charge in [0.15, 0.2) is 0 Å². The van der Waals surface area contributed by atoms with Crippen molar-refractivity contribution in [2.75, 3.05) is 12.0 Å². The fourth-order valence-corrected chi connectivity index (χ4v) is 4.94. The number of carboxylic acid groups (broad SMARTS) is 1. The van der Waals surface area contributed by atoms with Crippen LogP contribution in [0.5, 0.6) is 11.5 Å². The van der Waals surface area contributed by atoms with Gasteiger partial charge in [-0.05, 0) is 97.6 Å². The van der Waals surface area contributed by atoms with E-state index in [2.05, 4.69) is 37.2 Å². The van der Waals surface area contributed by atoms with E-state index in [9.17, 15) is 19.2 Å². The quantitative estimate of drug-likeness (QED) is 0.273. The first-order chi connectivity index (χ1) is 17.7. The van der Waals surface area contributed by atoms with E-state index < -0.39 is 23.8 Å². The lowest BCUT2D eigenvalue weighted by molar-refractivity contribution is -0.122. The van der Waals surface area contributed by atoms with E-state index in [1.165, 1.54) is 37.5 Å². The maximum atomic E-state index is 13.1. The van der Waals surface area contributed by atoms with Crippen LogP contribution in [-0.2, 0) is 16.2 Å². The van der Waals surface area contributed by atoms with Crippen LogP contribution in [0.4, 0.5) is 10.5 Å². The molecule has 4 amide bonds. The number of carboxylic acids is 1. The molecule has 0 unspecified atom stereocenters. The second kappa shape index (κ2) is 11.0. The first kappa shape index (κ1) is 26.1. The third-order valence-corrected chi connectivity index (χ3v) is 6.53. The Balaban J connectivity index is 1.56. The number of urea groups is 1. The minimum atomic E-state index is -1.01. The number of nitrogens with zero attached hydrogens (tertiary/aromatic N) is 1. The average molecular weight is 630 g/mol. The summed E-state index contributed by atoms with van der Waals surface area (Å²) in [6, 6.07) is 15.1. The lowest BCUT2D eigenvalue weighted by Gasteiger charge is -2.26. The second-order valence-corrected chi connectivity index (χ2v) is 9.47. The number of carbonyl (C=O) groups is 4. The average Bonchev–Trinajstić information content (AvgIpc) is 2.86. The third kappa shape index (κ3) is 5.73. The Bertz CT molecular complexity index is 1410. The minimum Gasteiger partial charge on any atom is -0.497 e. The molecule has 0 radical (unpaired) electrons. The number of halogens is 2. The number of ether oxygens (including phenoxy) is 2. The van der Waals surface area contributed by atoms with Gasteiger partial charge in [-0.25, -0.2) is 14.5 Å². The van der Waals surface area contributed by atoms with Gasteiger partial charge in [-0.15, -0.1) is 0 Å². The molecule has 9 nitrogen and oxygen atoms in total. The van der Waals surface area contributed by atoms with Crippen LogP contribution in [-0.4, -0.2) is 36.0 Å². The van der Waals surface area contributed by atoms with E-state index in [0.717, 1.165) is 10.5 Å². The zero-order chi connectivity index (χ0) is 26.7. The molecule has 37 heavy (non-hydrogen) atoms. The van der Waals surface area contributed by atoms with Crippen molar-refractivity contribution in [3.05, 3.63) is 91.9 Å². The van der Waals surface area contributed by atoms with Crippen LogP contribution in [0.15, 0.2) is 75.2 Å². The van der Waals surface area contributed by atoms with Crippen molar-refractivity contribution < 1.29 is 33.8 Å². The molecule has 0 saturated carbocycles. The van der Waals surface area contributed by atoms with Crippen molar-refractivity contribution in [2.45, 2.75) is 6.61 Å². The highest BCUT2D eigenvalue weighted by Crippen LogP contribution is 2.36. The topological polar surface area (TPSA) is 122 Å². The molecule has 0 spiro atoms. The van der Waals surface area contributed by atoms with Crippen LogP contribution in [0, 0.1) is 0 Å². The molecular weight excluding hydrogens is 612 g/mol. The van der Waals surface area contributed by atoms with E-state index in [0.29, 0.717) is 26.0 Å². The number of methoxy groups -OCH3 is 1. The smallest absolute Gasteiger partial charge is 0.335 e. The fourth-order valence-electron chi connectivity index (χ4n) is 3.49. The van der Waals surface area contributed by atoms with Crippen LogP contribution in [0.25, 0.3) is 6.08 Å². The van der Waals surface area contributed by atoms with Crippen molar-refractivity contribution in [1.82, 2.24) is 5.32 Å². The molecule has 1 heterocycles. The summed E-state index contributed by atoms with van der Waals surface area (Å²) in [6.45, 7) is 0.178. The number of hydrogen-bond acceptors (Lipinski definition) is 6. The van der Waals surface area contributed by atoms with E-state index in [1.54, 1.807) is 36.4 Å². The van der Waals surface area contributed by atoms with Crippen molar-refractivity contribution in [1.29, 1.82) is 0 Å². The van der Waals surface area contributed by atoms with Crippen molar-refractivity contribution >= 4 is 67.4 Å². The van der Waals surface area contributed by atoms with Crippen LogP contribution in [0.2, 0.25) is 0 Å². The highest BCUT2D eigenvalue weighted by Gasteiger charge is 2.36. The SMILES string of the molecule is COc1ccc(N2C(=O)NC(=O)/C(=C/c3cc(Br)c(OCc4ccc(C(=O)O)cc4)c(Br)c3)C2=O)cc1. The van der Waals surface area contributed by atoms with Gasteiger partial charge < -0.3 is 14.6 Å². The van der Waals surface area contributed by atoms with E-state index >= 15 is 0 Å². The molecule has 0 aliphatic carbocycles. The number of carbonyl (C=O) groups excluding carboxylic acids is 3. The summed E-state index contributed by atoms with van der Waals surface area (Å²) in [5, 5.41) is 11.2. The van der Waals surface area contributed by atoms with Gasteiger partial charge in [-0.3, -0.25) is 14.9 Å². The largest absolute Gasteiger partial charge is 0.497 e. The predicted octanol–water partition coefficient (Wildman–Crippen LogP) is 5.16. The van der Waals surface area contributed by atoms with Crippen LogP contribution in [0.3, 0.4) is 0 Å². The number of imide groups is 2. The van der Waals surface area contributed by atoms with Gasteiger partial charge in [0.1, 0.15) is 23.7 Å². The first-order valence-electron chi connectivity index (χ1n) is 10.7. The summed E-state index contributed by atoms with van der Waals surface area (Å²) in [7, 11) is 1.50.